The van der Waals surface area contributed by atoms with Crippen LogP contribution in [0.1, 0.15) is 40.0 Å². The fraction of sp³-hybridized carbons (Fsp3) is 0.524. The Morgan fingerprint density at radius 2 is 1.28 bits per heavy atom. The molecule has 29 heavy (non-hydrogen) atoms. The van der Waals surface area contributed by atoms with E-state index in [-0.39, 0.29) is 18.4 Å². The number of amides is 4. The number of imide groups is 1. The third kappa shape index (κ3) is 4.03. The standard InChI is InChI=1S/C21H26N4O4/c26-18(7-10-22-8-3-4-9-22)23-11-13-24(14-12-23)19(27)15-25-20(28)16-5-1-2-6-17(16)21(25)29/h1-2,5-6H,3-4,7-15H2. The van der Waals surface area contributed by atoms with Gasteiger partial charge in [0, 0.05) is 39.1 Å². The van der Waals surface area contributed by atoms with Crippen molar-refractivity contribution >= 4 is 23.6 Å². The summed E-state index contributed by atoms with van der Waals surface area (Å²) in [6.07, 6.45) is 2.94. The summed E-state index contributed by atoms with van der Waals surface area (Å²) in [5, 5.41) is 0. The minimum atomic E-state index is -0.422. The molecule has 154 valence electrons. The molecule has 0 aromatic heterocycles. The Kier molecular flexibility index (Phi) is 5.62. The number of fused-ring (bicyclic) bond motifs is 1. The van der Waals surface area contributed by atoms with Crippen molar-refractivity contribution in [2.75, 3.05) is 52.4 Å². The molecule has 8 heteroatoms. The maximum Gasteiger partial charge on any atom is 0.262 e. The second-order valence-electron chi connectivity index (χ2n) is 7.80. The summed E-state index contributed by atoms with van der Waals surface area (Å²) in [5.74, 6) is -0.975. The van der Waals surface area contributed by atoms with Gasteiger partial charge in [0.1, 0.15) is 6.54 Å². The van der Waals surface area contributed by atoms with Crippen LogP contribution < -0.4 is 0 Å². The number of hydrogen-bond donors (Lipinski definition) is 0. The lowest BCUT2D eigenvalue weighted by molar-refractivity contribution is -0.139. The van der Waals surface area contributed by atoms with Gasteiger partial charge in [-0.2, -0.15) is 0 Å². The second kappa shape index (κ2) is 8.32. The van der Waals surface area contributed by atoms with Crippen LogP contribution in [0.25, 0.3) is 0 Å². The molecule has 0 spiro atoms. The summed E-state index contributed by atoms with van der Waals surface area (Å²) in [4.78, 5) is 56.7. The summed E-state index contributed by atoms with van der Waals surface area (Å²) < 4.78 is 0. The Hall–Kier alpha value is -2.74. The quantitative estimate of drug-likeness (QED) is 0.673. The fourth-order valence-corrected chi connectivity index (χ4v) is 4.24. The number of piperazine rings is 1. The number of benzene rings is 1. The molecular weight excluding hydrogens is 372 g/mol. The molecule has 8 nitrogen and oxygen atoms in total. The largest absolute Gasteiger partial charge is 0.339 e. The van der Waals surface area contributed by atoms with Crippen molar-refractivity contribution in [2.24, 2.45) is 0 Å². The van der Waals surface area contributed by atoms with Crippen LogP contribution in [0.3, 0.4) is 0 Å². The lowest BCUT2D eigenvalue weighted by Crippen LogP contribution is -2.53. The van der Waals surface area contributed by atoms with E-state index < -0.39 is 11.8 Å². The van der Waals surface area contributed by atoms with Crippen molar-refractivity contribution in [1.82, 2.24) is 19.6 Å². The molecule has 3 heterocycles. The van der Waals surface area contributed by atoms with Crippen LogP contribution in [0.2, 0.25) is 0 Å². The number of likely N-dealkylation sites (tertiary alicyclic amines) is 1. The van der Waals surface area contributed by atoms with Gasteiger partial charge in [0.05, 0.1) is 11.1 Å². The van der Waals surface area contributed by atoms with Crippen LogP contribution in [-0.4, -0.2) is 95.6 Å². The zero-order chi connectivity index (χ0) is 20.4. The van der Waals surface area contributed by atoms with E-state index in [2.05, 4.69) is 4.90 Å². The van der Waals surface area contributed by atoms with E-state index in [0.717, 1.165) is 24.5 Å². The second-order valence-corrected chi connectivity index (χ2v) is 7.80. The minimum absolute atomic E-state index is 0.129. The molecule has 1 aromatic carbocycles. The molecule has 0 unspecified atom stereocenters. The van der Waals surface area contributed by atoms with Crippen molar-refractivity contribution in [3.05, 3.63) is 35.4 Å². The summed E-state index contributed by atoms with van der Waals surface area (Å²) in [7, 11) is 0. The van der Waals surface area contributed by atoms with E-state index >= 15 is 0 Å². The predicted molar refractivity (Wildman–Crippen MR) is 105 cm³/mol. The third-order valence-corrected chi connectivity index (χ3v) is 6.00. The van der Waals surface area contributed by atoms with E-state index in [0.29, 0.717) is 43.7 Å². The van der Waals surface area contributed by atoms with Crippen molar-refractivity contribution in [2.45, 2.75) is 19.3 Å². The van der Waals surface area contributed by atoms with Gasteiger partial charge in [-0.15, -0.1) is 0 Å². The zero-order valence-electron chi connectivity index (χ0n) is 16.5. The average Bonchev–Trinajstić information content (AvgIpc) is 3.35. The van der Waals surface area contributed by atoms with Gasteiger partial charge in [-0.3, -0.25) is 24.1 Å². The SMILES string of the molecule is O=C(CCN1CCCC1)N1CCN(C(=O)CN2C(=O)c3ccccc3C2=O)CC1. The first kappa shape index (κ1) is 19.6. The monoisotopic (exact) mass is 398 g/mol. The summed E-state index contributed by atoms with van der Waals surface area (Å²) in [5.41, 5.74) is 0.692. The van der Waals surface area contributed by atoms with Crippen molar-refractivity contribution < 1.29 is 19.2 Å². The highest BCUT2D eigenvalue weighted by molar-refractivity contribution is 6.22. The molecule has 0 saturated carbocycles. The summed E-state index contributed by atoms with van der Waals surface area (Å²) in [6, 6.07) is 6.61. The third-order valence-electron chi connectivity index (χ3n) is 6.00. The number of carbonyl (C=O) groups is 4. The smallest absolute Gasteiger partial charge is 0.262 e. The molecule has 0 atom stereocenters. The molecule has 3 aliphatic rings. The summed E-state index contributed by atoms with van der Waals surface area (Å²) >= 11 is 0. The molecule has 2 fully saturated rings. The molecule has 1 aromatic rings. The van der Waals surface area contributed by atoms with Crippen molar-refractivity contribution in [3.63, 3.8) is 0 Å². The molecule has 0 aliphatic carbocycles. The Bertz CT molecular complexity index is 791. The van der Waals surface area contributed by atoms with Crippen molar-refractivity contribution in [1.29, 1.82) is 0 Å². The van der Waals surface area contributed by atoms with Crippen LogP contribution in [-0.2, 0) is 9.59 Å². The number of carbonyl (C=O) groups excluding carboxylic acids is 4. The Labute approximate surface area is 170 Å². The molecule has 4 rings (SSSR count). The Morgan fingerprint density at radius 1 is 0.759 bits per heavy atom. The van der Waals surface area contributed by atoms with Gasteiger partial charge >= 0.3 is 0 Å². The van der Waals surface area contributed by atoms with Gasteiger partial charge in [-0.25, -0.2) is 0 Å². The Morgan fingerprint density at radius 3 is 1.83 bits per heavy atom. The molecule has 4 amide bonds. The first-order chi connectivity index (χ1) is 14.0. The lowest BCUT2D eigenvalue weighted by atomic mass is 10.1. The van der Waals surface area contributed by atoms with Gasteiger partial charge in [0.25, 0.3) is 11.8 Å². The maximum absolute atomic E-state index is 12.6. The van der Waals surface area contributed by atoms with Gasteiger partial charge in [-0.1, -0.05) is 12.1 Å². The van der Waals surface area contributed by atoms with E-state index in [4.69, 9.17) is 0 Å². The van der Waals surface area contributed by atoms with Crippen molar-refractivity contribution in [3.8, 4) is 0 Å². The first-order valence-electron chi connectivity index (χ1n) is 10.3. The van der Waals surface area contributed by atoms with Crippen LogP contribution in [0.4, 0.5) is 0 Å². The molecule has 0 N–H and O–H groups in total. The molecule has 0 radical (unpaired) electrons. The van der Waals surface area contributed by atoms with Crippen LogP contribution in [0.15, 0.2) is 24.3 Å². The normalized spacial score (nSPS) is 19.8. The lowest BCUT2D eigenvalue weighted by Gasteiger charge is -2.35. The Balaban J connectivity index is 1.26. The zero-order valence-corrected chi connectivity index (χ0v) is 16.5. The predicted octanol–water partition coefficient (Wildman–Crippen LogP) is 0.439. The molecule has 0 bridgehead atoms. The molecule has 2 saturated heterocycles. The van der Waals surface area contributed by atoms with Crippen LogP contribution in [0.5, 0.6) is 0 Å². The summed E-state index contributed by atoms with van der Waals surface area (Å²) in [6.45, 7) is 4.54. The van der Waals surface area contributed by atoms with E-state index in [1.54, 1.807) is 29.2 Å². The van der Waals surface area contributed by atoms with Crippen LogP contribution in [0, 0.1) is 0 Å². The van der Waals surface area contributed by atoms with E-state index in [1.165, 1.54) is 12.8 Å². The highest BCUT2D eigenvalue weighted by atomic mass is 16.2. The highest BCUT2D eigenvalue weighted by Crippen LogP contribution is 2.22. The maximum atomic E-state index is 12.6. The highest BCUT2D eigenvalue weighted by Gasteiger charge is 2.37. The van der Waals surface area contributed by atoms with E-state index in [9.17, 15) is 19.2 Å². The first-order valence-corrected chi connectivity index (χ1v) is 10.3. The van der Waals surface area contributed by atoms with Gasteiger partial charge in [-0.05, 0) is 38.1 Å². The average molecular weight is 398 g/mol. The number of nitrogens with zero attached hydrogens (tertiary/aromatic N) is 4. The van der Waals surface area contributed by atoms with E-state index in [1.807, 2.05) is 4.90 Å². The number of rotatable bonds is 5. The molecular formula is C21H26N4O4. The van der Waals surface area contributed by atoms with Crippen LogP contribution >= 0.6 is 0 Å². The minimum Gasteiger partial charge on any atom is -0.339 e. The van der Waals surface area contributed by atoms with Gasteiger partial charge in [0.2, 0.25) is 11.8 Å². The van der Waals surface area contributed by atoms with Gasteiger partial charge < -0.3 is 14.7 Å². The number of hydrogen-bond acceptors (Lipinski definition) is 5. The van der Waals surface area contributed by atoms with Gasteiger partial charge in [0.15, 0.2) is 0 Å². The topological polar surface area (TPSA) is 81.2 Å². The molecule has 3 aliphatic heterocycles. The fourth-order valence-electron chi connectivity index (χ4n) is 4.24.